The van der Waals surface area contributed by atoms with E-state index >= 15 is 4.79 Å². The summed E-state index contributed by atoms with van der Waals surface area (Å²) in [6.07, 6.45) is 32.1. The van der Waals surface area contributed by atoms with Gasteiger partial charge in [-0.05, 0) is 133 Å². The highest BCUT2D eigenvalue weighted by Gasteiger charge is 2.64. The molecule has 2 amide bonds. The Hall–Kier alpha value is -0.340. The number of alkyl halides is 5. The van der Waals surface area contributed by atoms with Crippen LogP contribution in [0.2, 0.25) is 0 Å². The van der Waals surface area contributed by atoms with Gasteiger partial charge in [-0.25, -0.2) is 14.8 Å². The second kappa shape index (κ2) is 30.5. The van der Waals surface area contributed by atoms with E-state index in [9.17, 15) is 10.1 Å². The third-order valence-electron chi connectivity index (χ3n) is 19.1. The molecule has 0 spiro atoms. The molecule has 7 aliphatic rings. The van der Waals surface area contributed by atoms with Crippen LogP contribution >= 0.6 is 58.0 Å². The molecule has 0 bridgehead atoms. The number of amides is 2. The van der Waals surface area contributed by atoms with E-state index in [1.54, 1.807) is 0 Å². The second-order valence-electron chi connectivity index (χ2n) is 24.2. The molecule has 5 aliphatic carbocycles. The molecule has 0 radical (unpaired) electrons. The van der Waals surface area contributed by atoms with Crippen LogP contribution in [-0.4, -0.2) is 126 Å². The lowest BCUT2D eigenvalue weighted by Crippen LogP contribution is -2.66. The van der Waals surface area contributed by atoms with Crippen molar-refractivity contribution in [1.82, 2.24) is 25.6 Å². The van der Waals surface area contributed by atoms with Gasteiger partial charge in [-0.1, -0.05) is 142 Å². The first-order chi connectivity index (χ1) is 35.8. The van der Waals surface area contributed by atoms with Gasteiger partial charge in [0.05, 0.1) is 40.4 Å². The summed E-state index contributed by atoms with van der Waals surface area (Å²) in [5.74, 6) is 0.809. The molecule has 0 aromatic carbocycles. The fraction of sp³-hybridized carbons (Fsp3) is 0.948. The highest BCUT2D eigenvalue weighted by Crippen LogP contribution is 2.51. The highest BCUT2D eigenvalue weighted by atomic mass is 35.5. The van der Waals surface area contributed by atoms with E-state index in [0.717, 1.165) is 109 Å². The molecule has 14 unspecified atom stereocenters. The van der Waals surface area contributed by atoms with Crippen LogP contribution in [0.5, 0.6) is 0 Å². The zero-order chi connectivity index (χ0) is 52.8. The summed E-state index contributed by atoms with van der Waals surface area (Å²) < 4.78 is 6.93. The van der Waals surface area contributed by atoms with E-state index in [1.807, 2.05) is 4.90 Å². The Balaban J connectivity index is 1.14. The summed E-state index contributed by atoms with van der Waals surface area (Å²) in [4.78, 5) is 43.5. The molecular formula is C58H99Cl5N6O5. The number of fused-ring (bicyclic) bond motifs is 2. The van der Waals surface area contributed by atoms with Crippen molar-refractivity contribution < 1.29 is 24.5 Å². The van der Waals surface area contributed by atoms with Crippen LogP contribution < -0.4 is 10.7 Å². The van der Waals surface area contributed by atoms with Gasteiger partial charge in [0.25, 0.3) is 5.91 Å². The van der Waals surface area contributed by atoms with E-state index < -0.39 is 40.0 Å². The standard InChI is InChI=1S/C58H99Cl5N6O5/c1-5-8-9-10-11-12-13-14-15-16-17-18-19-28-53(70)64-41-29-31-46(60)49(37-41)65-56-58(63,57(71)69(66-56)55-47(61)35-40(59)36-48(55)62)68(50-32-30-42(34-39(50)4)67(7-3)33-6-2)54(74-72)38-45-43-24-20-22-26-51(43)73-52-27-23-21-25-44(45)52/h39-52,54-55,72H,5-38H2,1-4H3,(H,64,70)(H,65,66). The molecule has 16 heteroatoms. The fourth-order valence-corrected chi connectivity index (χ4v) is 17.5. The SMILES string of the molecule is CCCCCCCCCCCCCCCC(=O)NC1CCC(Cl)C(N=C2NN(C3C(Cl)CC(Cl)CC3Cl)C(=O)C2(Cl)N(C(CC2C3CCCCC3OC3CCCCC32)OO)C2CCC(N(CC)CCC)CC2C)C1. The number of halogens is 5. The molecule has 2 saturated heterocycles. The Kier molecular flexibility index (Phi) is 25.2. The topological polar surface area (TPSA) is 119 Å². The third kappa shape index (κ3) is 15.6. The number of rotatable bonds is 27. The van der Waals surface area contributed by atoms with Crippen LogP contribution in [0.15, 0.2) is 4.99 Å². The summed E-state index contributed by atoms with van der Waals surface area (Å²) in [7, 11) is 0. The maximum absolute atomic E-state index is 16.0. The number of nitrogens with one attached hydrogen (secondary N) is 2. The van der Waals surface area contributed by atoms with Gasteiger partial charge in [0.2, 0.25) is 10.9 Å². The van der Waals surface area contributed by atoms with Crippen LogP contribution in [0.4, 0.5) is 0 Å². The van der Waals surface area contributed by atoms with E-state index in [4.69, 9.17) is 72.6 Å². The molecule has 2 heterocycles. The smallest absolute Gasteiger partial charge is 0.285 e. The molecular weight excluding hydrogens is 1040 g/mol. The van der Waals surface area contributed by atoms with Crippen LogP contribution in [0, 0.1) is 23.7 Å². The number of unbranched alkanes of at least 4 members (excludes halogenated alkanes) is 12. The molecule has 5 saturated carbocycles. The molecule has 7 fully saturated rings. The van der Waals surface area contributed by atoms with Crippen molar-refractivity contribution in [3.05, 3.63) is 0 Å². The fourth-order valence-electron chi connectivity index (χ4n) is 15.1. The van der Waals surface area contributed by atoms with Crippen molar-refractivity contribution in [2.24, 2.45) is 28.7 Å². The average Bonchev–Trinajstić information content (AvgIpc) is 3.62. The first-order valence-electron chi connectivity index (χ1n) is 30.5. The number of aliphatic imine (C=N–C) groups is 1. The minimum atomic E-state index is -1.94. The van der Waals surface area contributed by atoms with Gasteiger partial charge in [-0.3, -0.25) is 25.3 Å². The van der Waals surface area contributed by atoms with Crippen molar-refractivity contribution >= 4 is 75.7 Å². The predicted octanol–water partition coefficient (Wildman–Crippen LogP) is 14.3. The van der Waals surface area contributed by atoms with Gasteiger partial charge in [-0.15, -0.1) is 46.4 Å². The Labute approximate surface area is 473 Å². The van der Waals surface area contributed by atoms with Gasteiger partial charge in [-0.2, -0.15) is 0 Å². The van der Waals surface area contributed by atoms with Crippen molar-refractivity contribution in [2.45, 2.75) is 308 Å². The molecule has 7 rings (SSSR count). The van der Waals surface area contributed by atoms with E-state index in [1.165, 1.54) is 75.6 Å². The number of hydrogen-bond donors (Lipinski definition) is 3. The van der Waals surface area contributed by atoms with Crippen molar-refractivity contribution in [3.8, 4) is 0 Å². The average molecular weight is 1140 g/mol. The number of carbonyl (C=O) groups excluding carboxylic acids is 2. The lowest BCUT2D eigenvalue weighted by Gasteiger charge is -2.54. The minimum Gasteiger partial charge on any atom is -0.374 e. The quantitative estimate of drug-likeness (QED) is 0.0186. The highest BCUT2D eigenvalue weighted by molar-refractivity contribution is 6.48. The van der Waals surface area contributed by atoms with Gasteiger partial charge in [0.1, 0.15) is 6.23 Å². The third-order valence-corrected chi connectivity index (χ3v) is 21.3. The number of amidine groups is 1. The number of carbonyl (C=O) groups is 2. The normalized spacial score (nSPS) is 37.7. The summed E-state index contributed by atoms with van der Waals surface area (Å²) in [5.41, 5.74) is 3.47. The molecule has 2 aliphatic heterocycles. The molecule has 426 valence electrons. The van der Waals surface area contributed by atoms with Crippen molar-refractivity contribution in [2.75, 3.05) is 13.1 Å². The lowest BCUT2D eigenvalue weighted by molar-refractivity contribution is -0.331. The summed E-state index contributed by atoms with van der Waals surface area (Å²) >= 11 is 36.7. The summed E-state index contributed by atoms with van der Waals surface area (Å²) in [6.45, 7) is 11.0. The second-order valence-corrected chi connectivity index (χ2v) is 27.1. The predicted molar refractivity (Wildman–Crippen MR) is 306 cm³/mol. The lowest BCUT2D eigenvalue weighted by atomic mass is 9.63. The van der Waals surface area contributed by atoms with Crippen LogP contribution in [0.25, 0.3) is 0 Å². The number of nitrogens with zero attached hydrogens (tertiary/aromatic N) is 4. The Morgan fingerprint density at radius 3 is 1.95 bits per heavy atom. The summed E-state index contributed by atoms with van der Waals surface area (Å²) in [6, 6.07) is -1.13. The Morgan fingerprint density at radius 1 is 0.784 bits per heavy atom. The number of ether oxygens (including phenoxy) is 1. The van der Waals surface area contributed by atoms with Crippen LogP contribution in [0.3, 0.4) is 0 Å². The molecule has 0 aromatic rings. The molecule has 0 aromatic heterocycles. The molecule has 14 atom stereocenters. The van der Waals surface area contributed by atoms with Crippen LogP contribution in [0.1, 0.15) is 233 Å². The minimum absolute atomic E-state index is 0.0635. The number of hydrogen-bond acceptors (Lipinski definition) is 8. The van der Waals surface area contributed by atoms with Crippen molar-refractivity contribution in [1.29, 1.82) is 0 Å². The molecule has 74 heavy (non-hydrogen) atoms. The van der Waals surface area contributed by atoms with Crippen molar-refractivity contribution in [3.63, 3.8) is 0 Å². The maximum atomic E-state index is 16.0. The van der Waals surface area contributed by atoms with E-state index in [-0.39, 0.29) is 58.6 Å². The number of hydrazine groups is 1. The van der Waals surface area contributed by atoms with Gasteiger partial charge >= 0.3 is 0 Å². The van der Waals surface area contributed by atoms with Crippen LogP contribution in [-0.2, 0) is 19.2 Å². The largest absolute Gasteiger partial charge is 0.374 e. The zero-order valence-corrected chi connectivity index (χ0v) is 49.8. The molecule has 3 N–H and O–H groups in total. The van der Waals surface area contributed by atoms with E-state index in [0.29, 0.717) is 56.4 Å². The van der Waals surface area contributed by atoms with E-state index in [2.05, 4.69) is 43.3 Å². The monoisotopic (exact) mass is 1130 g/mol. The Morgan fingerprint density at radius 2 is 1.38 bits per heavy atom. The summed E-state index contributed by atoms with van der Waals surface area (Å²) in [5, 5.41) is 14.7. The zero-order valence-electron chi connectivity index (χ0n) is 46.0. The van der Waals surface area contributed by atoms with Gasteiger partial charge in [0, 0.05) is 29.9 Å². The maximum Gasteiger partial charge on any atom is 0.285 e. The Bertz CT molecular complexity index is 1710. The first kappa shape index (κ1) is 61.3. The molecule has 11 nitrogen and oxygen atoms in total. The van der Waals surface area contributed by atoms with Gasteiger partial charge < -0.3 is 15.0 Å². The van der Waals surface area contributed by atoms with Gasteiger partial charge in [0.15, 0.2) is 5.84 Å². The first-order valence-corrected chi connectivity index (χ1v) is 32.7.